The van der Waals surface area contributed by atoms with Crippen molar-refractivity contribution in [1.29, 1.82) is 0 Å². The van der Waals surface area contributed by atoms with E-state index < -0.39 is 0 Å². The third kappa shape index (κ3) is 3.21. The Bertz CT molecular complexity index is 966. The first-order valence-electron chi connectivity index (χ1n) is 9.21. The molecular weight excluding hydrogens is 340 g/mol. The van der Waals surface area contributed by atoms with Crippen LogP contribution in [-0.4, -0.2) is 41.9 Å². The Morgan fingerprint density at radius 1 is 1.15 bits per heavy atom. The molecule has 2 saturated heterocycles. The van der Waals surface area contributed by atoms with Crippen molar-refractivity contribution >= 4 is 6.08 Å². The van der Waals surface area contributed by atoms with Crippen LogP contribution in [0.3, 0.4) is 0 Å². The van der Waals surface area contributed by atoms with E-state index in [-0.39, 0.29) is 5.75 Å². The number of phenols is 1. The van der Waals surface area contributed by atoms with Gasteiger partial charge in [-0.05, 0) is 43.9 Å². The van der Waals surface area contributed by atoms with Crippen LogP contribution >= 0.6 is 0 Å². The topological polar surface area (TPSA) is 88.8 Å². The number of nitrogens with zero attached hydrogens (tertiary/aromatic N) is 5. The minimum Gasteiger partial charge on any atom is -0.507 e. The Morgan fingerprint density at radius 2 is 2.00 bits per heavy atom. The summed E-state index contributed by atoms with van der Waals surface area (Å²) in [5, 5.41) is 22.5. The minimum absolute atomic E-state index is 0.137. The average Bonchev–Trinajstić information content (AvgIpc) is 3.32. The summed E-state index contributed by atoms with van der Waals surface area (Å²) in [6.45, 7) is 0. The van der Waals surface area contributed by atoms with Gasteiger partial charge in [0, 0.05) is 36.1 Å². The highest BCUT2D eigenvalue weighted by Gasteiger charge is 2.30. The molecule has 0 amide bonds. The highest BCUT2D eigenvalue weighted by Crippen LogP contribution is 2.32. The summed E-state index contributed by atoms with van der Waals surface area (Å²) in [7, 11) is 0. The Labute approximate surface area is 156 Å². The number of nitrogens with one attached hydrogen (secondary N) is 1. The summed E-state index contributed by atoms with van der Waals surface area (Å²) in [5.74, 6) is 0.767. The van der Waals surface area contributed by atoms with Crippen molar-refractivity contribution in [3.8, 4) is 22.7 Å². The quantitative estimate of drug-likeness (QED) is 0.747. The molecule has 0 spiro atoms. The zero-order valence-corrected chi connectivity index (χ0v) is 14.8. The summed E-state index contributed by atoms with van der Waals surface area (Å²) >= 11 is 0. The molecule has 7 nitrogen and oxygen atoms in total. The molecule has 0 unspecified atom stereocenters. The van der Waals surface area contributed by atoms with E-state index in [4.69, 9.17) is 0 Å². The molecule has 0 aliphatic carbocycles. The van der Waals surface area contributed by atoms with E-state index in [9.17, 15) is 5.11 Å². The fourth-order valence-corrected chi connectivity index (χ4v) is 4.02. The van der Waals surface area contributed by atoms with Crippen LogP contribution in [0.4, 0.5) is 0 Å². The molecule has 3 aromatic rings. The predicted molar refractivity (Wildman–Crippen MR) is 101 cm³/mol. The standard InChI is InChI=1S/C20H20N6O/c27-19-10-16(26-6-5-21-12-26)3-4-17(19)18-11-22-20(25-24-18)9-13-7-14-1-2-15(8-13)23-14/h3-6,9-12,14-15,23,27H,1-2,7-8H2/t14-,15+. The summed E-state index contributed by atoms with van der Waals surface area (Å²) in [6.07, 6.45) is 13.6. The van der Waals surface area contributed by atoms with E-state index >= 15 is 0 Å². The number of aromatic nitrogens is 5. The van der Waals surface area contributed by atoms with Crippen LogP contribution < -0.4 is 5.32 Å². The Hall–Kier alpha value is -3.06. The molecule has 2 aliphatic heterocycles. The fraction of sp³-hybridized carbons (Fsp3) is 0.300. The number of imidazole rings is 1. The highest BCUT2D eigenvalue weighted by atomic mass is 16.3. The number of fused-ring (bicyclic) bond motifs is 2. The van der Waals surface area contributed by atoms with Crippen molar-refractivity contribution in [2.75, 3.05) is 0 Å². The lowest BCUT2D eigenvalue weighted by Gasteiger charge is -2.23. The van der Waals surface area contributed by atoms with E-state index in [1.165, 1.54) is 18.4 Å². The van der Waals surface area contributed by atoms with Crippen molar-refractivity contribution in [1.82, 2.24) is 30.0 Å². The predicted octanol–water partition coefficient (Wildman–Crippen LogP) is 2.73. The zero-order valence-electron chi connectivity index (χ0n) is 14.8. The van der Waals surface area contributed by atoms with Crippen molar-refractivity contribution in [3.63, 3.8) is 0 Å². The summed E-state index contributed by atoms with van der Waals surface area (Å²) in [6, 6.07) is 6.61. The molecule has 7 heteroatoms. The number of hydrogen-bond acceptors (Lipinski definition) is 6. The second-order valence-corrected chi connectivity index (χ2v) is 7.22. The van der Waals surface area contributed by atoms with Crippen LogP contribution in [0.15, 0.2) is 48.7 Å². The maximum Gasteiger partial charge on any atom is 0.174 e. The van der Waals surface area contributed by atoms with Gasteiger partial charge >= 0.3 is 0 Å². The third-order valence-electron chi connectivity index (χ3n) is 5.32. The molecule has 2 aliphatic rings. The van der Waals surface area contributed by atoms with Crippen molar-refractivity contribution < 1.29 is 5.11 Å². The van der Waals surface area contributed by atoms with Crippen LogP contribution in [0.25, 0.3) is 23.0 Å². The molecular formula is C20H20N6O. The monoisotopic (exact) mass is 360 g/mol. The maximum atomic E-state index is 10.4. The molecule has 2 N–H and O–H groups in total. The smallest absolute Gasteiger partial charge is 0.174 e. The molecule has 2 atom stereocenters. The van der Waals surface area contributed by atoms with Crippen molar-refractivity contribution in [3.05, 3.63) is 54.5 Å². The van der Waals surface area contributed by atoms with E-state index in [0.717, 1.165) is 18.5 Å². The van der Waals surface area contributed by atoms with E-state index in [1.807, 2.05) is 22.9 Å². The van der Waals surface area contributed by atoms with Crippen LogP contribution in [0, 0.1) is 0 Å². The molecule has 0 saturated carbocycles. The van der Waals surface area contributed by atoms with Crippen LogP contribution in [0.2, 0.25) is 0 Å². The first-order valence-corrected chi connectivity index (χ1v) is 9.21. The number of hydrogen-bond donors (Lipinski definition) is 2. The zero-order chi connectivity index (χ0) is 18.2. The van der Waals surface area contributed by atoms with Gasteiger partial charge in [-0.15, -0.1) is 10.2 Å². The number of phenolic OH excluding ortho intramolecular Hbond substituents is 1. The van der Waals surface area contributed by atoms with Gasteiger partial charge in [0.25, 0.3) is 0 Å². The molecule has 136 valence electrons. The number of piperidine rings is 1. The number of rotatable bonds is 3. The first kappa shape index (κ1) is 16.1. The summed E-state index contributed by atoms with van der Waals surface area (Å²) in [5.41, 5.74) is 3.38. The number of benzene rings is 1. The summed E-state index contributed by atoms with van der Waals surface area (Å²) < 4.78 is 1.83. The Morgan fingerprint density at radius 3 is 2.67 bits per heavy atom. The van der Waals surface area contributed by atoms with Crippen LogP contribution in [0.5, 0.6) is 5.75 Å². The molecule has 27 heavy (non-hydrogen) atoms. The largest absolute Gasteiger partial charge is 0.507 e. The first-order chi connectivity index (χ1) is 13.2. The van der Waals surface area contributed by atoms with E-state index in [1.54, 1.807) is 24.8 Å². The Kier molecular flexibility index (Phi) is 3.94. The molecule has 0 radical (unpaired) electrons. The van der Waals surface area contributed by atoms with E-state index in [2.05, 4.69) is 31.6 Å². The van der Waals surface area contributed by atoms with Crippen LogP contribution in [0.1, 0.15) is 31.5 Å². The van der Waals surface area contributed by atoms with E-state index in [0.29, 0.717) is 29.2 Å². The van der Waals surface area contributed by atoms with Crippen molar-refractivity contribution in [2.45, 2.75) is 37.8 Å². The van der Waals surface area contributed by atoms with Gasteiger partial charge in [-0.1, -0.05) is 5.57 Å². The molecule has 2 aromatic heterocycles. The lowest BCUT2D eigenvalue weighted by atomic mass is 9.99. The normalized spacial score (nSPS) is 23.0. The third-order valence-corrected chi connectivity index (χ3v) is 5.32. The minimum atomic E-state index is 0.137. The van der Waals surface area contributed by atoms with Gasteiger partial charge in [-0.2, -0.15) is 0 Å². The van der Waals surface area contributed by atoms with Gasteiger partial charge in [0.15, 0.2) is 5.82 Å². The van der Waals surface area contributed by atoms with Crippen LogP contribution in [-0.2, 0) is 0 Å². The van der Waals surface area contributed by atoms with Gasteiger partial charge in [0.05, 0.1) is 18.2 Å². The Balaban J connectivity index is 1.37. The highest BCUT2D eigenvalue weighted by molar-refractivity contribution is 5.68. The van der Waals surface area contributed by atoms with Gasteiger partial charge in [0.2, 0.25) is 0 Å². The molecule has 4 heterocycles. The average molecular weight is 360 g/mol. The second-order valence-electron chi connectivity index (χ2n) is 7.22. The maximum absolute atomic E-state index is 10.4. The van der Waals surface area contributed by atoms with Gasteiger partial charge in [-0.25, -0.2) is 9.97 Å². The lowest BCUT2D eigenvalue weighted by molar-refractivity contribution is 0.475. The summed E-state index contributed by atoms with van der Waals surface area (Å²) in [4.78, 5) is 8.46. The van der Waals surface area contributed by atoms with Gasteiger partial charge < -0.3 is 15.0 Å². The molecule has 1 aromatic carbocycles. The van der Waals surface area contributed by atoms with Gasteiger partial charge in [-0.3, -0.25) is 0 Å². The van der Waals surface area contributed by atoms with Gasteiger partial charge in [0.1, 0.15) is 11.4 Å². The fourth-order valence-electron chi connectivity index (χ4n) is 4.02. The lowest BCUT2D eigenvalue weighted by Crippen LogP contribution is -2.34. The molecule has 5 rings (SSSR count). The molecule has 2 fully saturated rings. The molecule has 2 bridgehead atoms. The second kappa shape index (κ2) is 6.59. The SMILES string of the molecule is Oc1cc(-n2ccnc2)ccc1-c1cnc(C=C2C[C@H]3CC[C@@H](C2)N3)nn1. The van der Waals surface area contributed by atoms with Crippen molar-refractivity contribution in [2.24, 2.45) is 0 Å². The number of aromatic hydroxyl groups is 1.